The fourth-order valence-electron chi connectivity index (χ4n) is 2.16. The summed E-state index contributed by atoms with van der Waals surface area (Å²) in [5.41, 5.74) is 0.878. The first kappa shape index (κ1) is 16.5. The maximum Gasteiger partial charge on any atom is 0.279 e. The monoisotopic (exact) mass is 345 g/mol. The largest absolute Gasteiger partial charge is 0.377 e. The molecule has 0 saturated heterocycles. The lowest BCUT2D eigenvalue weighted by atomic mass is 10.2. The van der Waals surface area contributed by atoms with Gasteiger partial charge in [-0.2, -0.15) is 0 Å². The Bertz CT molecular complexity index is 899. The van der Waals surface area contributed by atoms with E-state index in [2.05, 4.69) is 30.6 Å². The SMILES string of the molecule is Cc1nonc1C(=O)Nc1cc(F)cc(F)c1NCc1cccnc1. The van der Waals surface area contributed by atoms with Crippen molar-refractivity contribution in [2.75, 3.05) is 10.6 Å². The minimum atomic E-state index is -0.839. The Morgan fingerprint density at radius 3 is 2.80 bits per heavy atom. The van der Waals surface area contributed by atoms with E-state index in [0.717, 1.165) is 17.7 Å². The van der Waals surface area contributed by atoms with E-state index >= 15 is 0 Å². The summed E-state index contributed by atoms with van der Waals surface area (Å²) in [6, 6.07) is 5.27. The van der Waals surface area contributed by atoms with Gasteiger partial charge in [0.25, 0.3) is 5.91 Å². The number of hydrogen-bond acceptors (Lipinski definition) is 6. The highest BCUT2D eigenvalue weighted by atomic mass is 19.1. The maximum absolute atomic E-state index is 14.2. The van der Waals surface area contributed by atoms with Crippen LogP contribution >= 0.6 is 0 Å². The van der Waals surface area contributed by atoms with Gasteiger partial charge >= 0.3 is 0 Å². The minimum Gasteiger partial charge on any atom is -0.377 e. The van der Waals surface area contributed by atoms with Crippen LogP contribution in [-0.2, 0) is 6.54 Å². The Labute approximate surface area is 141 Å². The van der Waals surface area contributed by atoms with Crippen molar-refractivity contribution in [3.8, 4) is 0 Å². The minimum absolute atomic E-state index is 0.0484. The van der Waals surface area contributed by atoms with Crippen LogP contribution in [0.5, 0.6) is 0 Å². The summed E-state index contributed by atoms with van der Waals surface area (Å²) in [5, 5.41) is 12.2. The second kappa shape index (κ2) is 7.04. The molecule has 25 heavy (non-hydrogen) atoms. The van der Waals surface area contributed by atoms with E-state index in [1.807, 2.05) is 0 Å². The molecular formula is C16H13F2N5O2. The number of pyridine rings is 1. The third-order valence-electron chi connectivity index (χ3n) is 3.36. The van der Waals surface area contributed by atoms with Gasteiger partial charge in [-0.15, -0.1) is 0 Å². The zero-order chi connectivity index (χ0) is 17.8. The Morgan fingerprint density at radius 1 is 1.28 bits per heavy atom. The van der Waals surface area contributed by atoms with Gasteiger partial charge in [0.2, 0.25) is 0 Å². The topological polar surface area (TPSA) is 92.9 Å². The van der Waals surface area contributed by atoms with Crippen LogP contribution in [0.3, 0.4) is 0 Å². The second-order valence-corrected chi connectivity index (χ2v) is 5.18. The molecule has 0 fully saturated rings. The van der Waals surface area contributed by atoms with Gasteiger partial charge in [0, 0.05) is 25.0 Å². The Balaban J connectivity index is 1.85. The Kier molecular flexibility index (Phi) is 4.64. The summed E-state index contributed by atoms with van der Waals surface area (Å²) >= 11 is 0. The number of rotatable bonds is 5. The Hall–Kier alpha value is -3.36. The summed E-state index contributed by atoms with van der Waals surface area (Å²) in [7, 11) is 0. The molecule has 0 bridgehead atoms. The lowest BCUT2D eigenvalue weighted by Crippen LogP contribution is -2.16. The van der Waals surface area contributed by atoms with Crippen LogP contribution in [0, 0.1) is 18.6 Å². The molecule has 0 spiro atoms. The van der Waals surface area contributed by atoms with Gasteiger partial charge in [0.15, 0.2) is 11.5 Å². The van der Waals surface area contributed by atoms with Crippen LogP contribution in [0.2, 0.25) is 0 Å². The first-order valence-corrected chi connectivity index (χ1v) is 7.27. The van der Waals surface area contributed by atoms with Crippen LogP contribution in [-0.4, -0.2) is 21.2 Å². The average Bonchev–Trinajstić information content (AvgIpc) is 3.01. The highest BCUT2D eigenvalue weighted by Crippen LogP contribution is 2.28. The molecule has 2 N–H and O–H groups in total. The molecule has 9 heteroatoms. The van der Waals surface area contributed by atoms with Gasteiger partial charge < -0.3 is 10.6 Å². The zero-order valence-electron chi connectivity index (χ0n) is 13.1. The van der Waals surface area contributed by atoms with E-state index in [9.17, 15) is 13.6 Å². The quantitative estimate of drug-likeness (QED) is 0.739. The van der Waals surface area contributed by atoms with Gasteiger partial charge in [-0.05, 0) is 29.8 Å². The van der Waals surface area contributed by atoms with E-state index in [1.54, 1.807) is 24.5 Å². The number of hydrogen-bond donors (Lipinski definition) is 2. The fourth-order valence-corrected chi connectivity index (χ4v) is 2.16. The first-order valence-electron chi connectivity index (χ1n) is 7.27. The maximum atomic E-state index is 14.2. The number of carbonyl (C=O) groups is 1. The number of nitrogens with one attached hydrogen (secondary N) is 2. The number of amides is 1. The van der Waals surface area contributed by atoms with E-state index in [1.165, 1.54) is 6.92 Å². The summed E-state index contributed by atoms with van der Waals surface area (Å²) in [4.78, 5) is 16.1. The van der Waals surface area contributed by atoms with Crippen molar-refractivity contribution < 1.29 is 18.2 Å². The molecule has 2 heterocycles. The molecule has 0 saturated carbocycles. The highest BCUT2D eigenvalue weighted by Gasteiger charge is 2.19. The van der Waals surface area contributed by atoms with Crippen molar-refractivity contribution in [1.82, 2.24) is 15.3 Å². The number of halogens is 2. The van der Waals surface area contributed by atoms with E-state index < -0.39 is 17.5 Å². The second-order valence-electron chi connectivity index (χ2n) is 5.18. The lowest BCUT2D eigenvalue weighted by molar-refractivity contribution is 0.101. The molecule has 3 rings (SSSR count). The number of anilines is 2. The van der Waals surface area contributed by atoms with E-state index in [0.29, 0.717) is 0 Å². The third kappa shape index (κ3) is 3.77. The van der Waals surface area contributed by atoms with Crippen molar-refractivity contribution in [2.24, 2.45) is 0 Å². The number of aryl methyl sites for hydroxylation is 1. The van der Waals surface area contributed by atoms with E-state index in [4.69, 9.17) is 0 Å². The predicted molar refractivity (Wildman–Crippen MR) is 84.9 cm³/mol. The van der Waals surface area contributed by atoms with Crippen molar-refractivity contribution >= 4 is 17.3 Å². The molecule has 0 unspecified atom stereocenters. The van der Waals surface area contributed by atoms with Crippen LogP contribution in [0.4, 0.5) is 20.2 Å². The fraction of sp³-hybridized carbons (Fsp3) is 0.125. The van der Waals surface area contributed by atoms with Gasteiger partial charge in [-0.1, -0.05) is 11.2 Å². The van der Waals surface area contributed by atoms with Crippen LogP contribution in [0.25, 0.3) is 0 Å². The summed E-state index contributed by atoms with van der Waals surface area (Å²) < 4.78 is 32.2. The molecule has 0 aliphatic rings. The van der Waals surface area contributed by atoms with Crippen LogP contribution < -0.4 is 10.6 Å². The summed E-state index contributed by atoms with van der Waals surface area (Å²) in [6.45, 7) is 1.77. The molecule has 0 aliphatic carbocycles. The molecule has 7 nitrogen and oxygen atoms in total. The summed E-state index contributed by atoms with van der Waals surface area (Å²) in [6.07, 6.45) is 3.22. The highest BCUT2D eigenvalue weighted by molar-refractivity contribution is 6.05. The lowest BCUT2D eigenvalue weighted by Gasteiger charge is -2.14. The van der Waals surface area contributed by atoms with Gasteiger partial charge in [-0.3, -0.25) is 9.78 Å². The molecule has 0 atom stereocenters. The third-order valence-corrected chi connectivity index (χ3v) is 3.36. The molecule has 128 valence electrons. The standard InChI is InChI=1S/C16H13F2N5O2/c1-9-14(23-25-22-9)16(24)21-13-6-11(17)5-12(18)15(13)20-8-10-3-2-4-19-7-10/h2-7,20H,8H2,1H3,(H,21,24). The number of benzene rings is 1. The number of aromatic nitrogens is 3. The predicted octanol–water partition coefficient (Wildman–Crippen LogP) is 2.92. The van der Waals surface area contributed by atoms with Crippen molar-refractivity contribution in [1.29, 1.82) is 0 Å². The normalized spacial score (nSPS) is 10.5. The molecule has 1 aromatic carbocycles. The first-order chi connectivity index (χ1) is 12.0. The van der Waals surface area contributed by atoms with Crippen molar-refractivity contribution in [2.45, 2.75) is 13.5 Å². The van der Waals surface area contributed by atoms with Gasteiger partial charge in [0.05, 0.1) is 11.4 Å². The molecule has 0 aliphatic heterocycles. The number of nitrogens with zero attached hydrogens (tertiary/aromatic N) is 3. The zero-order valence-corrected chi connectivity index (χ0v) is 13.1. The molecule has 0 radical (unpaired) electrons. The number of carbonyl (C=O) groups excluding carboxylic acids is 1. The molecule has 1 amide bonds. The van der Waals surface area contributed by atoms with Crippen molar-refractivity contribution in [3.05, 3.63) is 65.2 Å². The molecule has 2 aromatic heterocycles. The smallest absolute Gasteiger partial charge is 0.279 e. The van der Waals surface area contributed by atoms with Crippen molar-refractivity contribution in [3.63, 3.8) is 0 Å². The van der Waals surface area contributed by atoms with Gasteiger partial charge in [-0.25, -0.2) is 13.4 Å². The van der Waals surface area contributed by atoms with Gasteiger partial charge in [0.1, 0.15) is 11.5 Å². The average molecular weight is 345 g/mol. The summed E-state index contributed by atoms with van der Waals surface area (Å²) in [5.74, 6) is -2.35. The Morgan fingerprint density at radius 2 is 2.12 bits per heavy atom. The molecular weight excluding hydrogens is 332 g/mol. The van der Waals surface area contributed by atoms with E-state index in [-0.39, 0.29) is 29.3 Å². The molecule has 3 aromatic rings. The van der Waals surface area contributed by atoms with Crippen LogP contribution in [0.15, 0.2) is 41.3 Å². The van der Waals surface area contributed by atoms with Crippen LogP contribution in [0.1, 0.15) is 21.7 Å².